The average molecular weight is 270 g/mol. The van der Waals surface area contributed by atoms with E-state index in [0.29, 0.717) is 13.0 Å². The molecule has 1 aromatic carbocycles. The highest BCUT2D eigenvalue weighted by molar-refractivity contribution is 5.92. The minimum atomic E-state index is 0.0737. The molecule has 0 aromatic heterocycles. The van der Waals surface area contributed by atoms with E-state index < -0.39 is 0 Å². The van der Waals surface area contributed by atoms with Crippen LogP contribution in [0.15, 0.2) is 42.0 Å². The van der Waals surface area contributed by atoms with Crippen molar-refractivity contribution < 1.29 is 9.53 Å². The highest BCUT2D eigenvalue weighted by atomic mass is 16.5. The molecule has 1 aromatic rings. The molecule has 0 fully saturated rings. The van der Waals surface area contributed by atoms with Gasteiger partial charge in [-0.15, -0.1) is 0 Å². The summed E-state index contributed by atoms with van der Waals surface area (Å²) in [5.41, 5.74) is 2.30. The second-order valence-corrected chi connectivity index (χ2v) is 6.04. The Labute approximate surface area is 121 Å². The SMILES string of the molecule is CCOc1ccc(/C=C/C2=CC(=O)CC(C)(C)C2)cc1. The number of hydrogen-bond donors (Lipinski definition) is 0. The molecule has 0 amide bonds. The van der Waals surface area contributed by atoms with Crippen LogP contribution in [0.1, 0.15) is 39.2 Å². The van der Waals surface area contributed by atoms with E-state index in [2.05, 4.69) is 26.0 Å². The fourth-order valence-electron chi connectivity index (χ4n) is 2.55. The Morgan fingerprint density at radius 2 is 1.85 bits per heavy atom. The van der Waals surface area contributed by atoms with Crippen LogP contribution in [0.2, 0.25) is 0 Å². The van der Waals surface area contributed by atoms with E-state index in [9.17, 15) is 4.79 Å². The first kappa shape index (κ1) is 14.6. The monoisotopic (exact) mass is 270 g/mol. The Balaban J connectivity index is 2.07. The van der Waals surface area contributed by atoms with Gasteiger partial charge in [0.15, 0.2) is 5.78 Å². The maximum Gasteiger partial charge on any atom is 0.156 e. The summed E-state index contributed by atoms with van der Waals surface area (Å²) in [6.07, 6.45) is 7.47. The molecule has 0 bridgehead atoms. The summed E-state index contributed by atoms with van der Waals surface area (Å²) in [6, 6.07) is 7.98. The molecule has 0 N–H and O–H groups in total. The minimum Gasteiger partial charge on any atom is -0.494 e. The molecule has 0 aliphatic heterocycles. The number of ketones is 1. The maximum absolute atomic E-state index is 11.7. The Morgan fingerprint density at radius 3 is 2.45 bits per heavy atom. The number of ether oxygens (including phenoxy) is 1. The average Bonchev–Trinajstić information content (AvgIpc) is 2.36. The quantitative estimate of drug-likeness (QED) is 0.810. The minimum absolute atomic E-state index is 0.0737. The van der Waals surface area contributed by atoms with Gasteiger partial charge in [-0.05, 0) is 48.1 Å². The molecule has 0 atom stereocenters. The second-order valence-electron chi connectivity index (χ2n) is 6.04. The Bertz CT molecular complexity index is 533. The van der Waals surface area contributed by atoms with Gasteiger partial charge in [0.2, 0.25) is 0 Å². The van der Waals surface area contributed by atoms with Gasteiger partial charge in [0.1, 0.15) is 5.75 Å². The first-order valence-electron chi connectivity index (χ1n) is 7.13. The van der Waals surface area contributed by atoms with Gasteiger partial charge < -0.3 is 4.74 Å². The normalized spacial score (nSPS) is 18.1. The highest BCUT2D eigenvalue weighted by Crippen LogP contribution is 2.34. The summed E-state index contributed by atoms with van der Waals surface area (Å²) >= 11 is 0. The molecule has 0 radical (unpaired) electrons. The van der Waals surface area contributed by atoms with Crippen LogP contribution in [0.25, 0.3) is 6.08 Å². The summed E-state index contributed by atoms with van der Waals surface area (Å²) in [4.78, 5) is 11.7. The van der Waals surface area contributed by atoms with Crippen molar-refractivity contribution >= 4 is 11.9 Å². The van der Waals surface area contributed by atoms with Crippen LogP contribution < -0.4 is 4.74 Å². The van der Waals surface area contributed by atoms with Gasteiger partial charge in [-0.25, -0.2) is 0 Å². The molecule has 1 aliphatic carbocycles. The largest absolute Gasteiger partial charge is 0.494 e. The third kappa shape index (κ3) is 4.09. The lowest BCUT2D eigenvalue weighted by Crippen LogP contribution is -2.21. The zero-order valence-electron chi connectivity index (χ0n) is 12.5. The Kier molecular flexibility index (Phi) is 4.43. The smallest absolute Gasteiger partial charge is 0.156 e. The van der Waals surface area contributed by atoms with Gasteiger partial charge in [0, 0.05) is 6.42 Å². The van der Waals surface area contributed by atoms with Crippen molar-refractivity contribution in [2.24, 2.45) is 5.41 Å². The first-order valence-corrected chi connectivity index (χ1v) is 7.13. The Morgan fingerprint density at radius 1 is 1.15 bits per heavy atom. The lowest BCUT2D eigenvalue weighted by atomic mass is 9.77. The molecule has 0 unspecified atom stereocenters. The van der Waals surface area contributed by atoms with Crippen molar-refractivity contribution in [1.82, 2.24) is 0 Å². The maximum atomic E-state index is 11.7. The van der Waals surface area contributed by atoms with Gasteiger partial charge in [0.05, 0.1) is 6.61 Å². The summed E-state index contributed by atoms with van der Waals surface area (Å²) < 4.78 is 5.42. The number of benzene rings is 1. The van der Waals surface area contributed by atoms with Crippen LogP contribution in [0.4, 0.5) is 0 Å². The van der Waals surface area contributed by atoms with Crippen LogP contribution in [-0.4, -0.2) is 12.4 Å². The molecule has 2 nitrogen and oxygen atoms in total. The molecule has 0 heterocycles. The van der Waals surface area contributed by atoms with Crippen LogP contribution in [-0.2, 0) is 4.79 Å². The summed E-state index contributed by atoms with van der Waals surface area (Å²) in [6.45, 7) is 6.94. The van der Waals surface area contributed by atoms with E-state index in [-0.39, 0.29) is 11.2 Å². The van der Waals surface area contributed by atoms with Crippen molar-refractivity contribution in [3.8, 4) is 5.75 Å². The number of hydrogen-bond acceptors (Lipinski definition) is 2. The predicted octanol–water partition coefficient (Wildman–Crippen LogP) is 4.41. The van der Waals surface area contributed by atoms with Crippen LogP contribution >= 0.6 is 0 Å². The van der Waals surface area contributed by atoms with Gasteiger partial charge in [0.25, 0.3) is 0 Å². The summed E-state index contributed by atoms with van der Waals surface area (Å²) in [7, 11) is 0. The molecular weight excluding hydrogens is 248 g/mol. The van der Waals surface area contributed by atoms with Crippen LogP contribution in [0.5, 0.6) is 5.75 Å². The molecule has 2 heteroatoms. The van der Waals surface area contributed by atoms with Crippen molar-refractivity contribution in [2.75, 3.05) is 6.61 Å². The van der Waals surface area contributed by atoms with Crippen molar-refractivity contribution in [1.29, 1.82) is 0 Å². The van der Waals surface area contributed by atoms with E-state index in [1.165, 1.54) is 0 Å². The zero-order valence-corrected chi connectivity index (χ0v) is 12.5. The molecular formula is C18H22O2. The van der Waals surface area contributed by atoms with Crippen molar-refractivity contribution in [2.45, 2.75) is 33.6 Å². The lowest BCUT2D eigenvalue weighted by molar-refractivity contribution is -0.116. The van der Waals surface area contributed by atoms with Crippen molar-refractivity contribution in [3.63, 3.8) is 0 Å². The topological polar surface area (TPSA) is 26.3 Å². The van der Waals surface area contributed by atoms with E-state index >= 15 is 0 Å². The molecule has 0 saturated carbocycles. The molecule has 0 spiro atoms. The van der Waals surface area contributed by atoms with E-state index in [4.69, 9.17) is 4.74 Å². The Hall–Kier alpha value is -1.83. The van der Waals surface area contributed by atoms with Gasteiger partial charge in [-0.1, -0.05) is 38.1 Å². The third-order valence-corrected chi connectivity index (χ3v) is 3.36. The standard InChI is InChI=1S/C18H22O2/c1-4-20-17-9-7-14(8-10-17)5-6-15-11-16(19)13-18(2,3)12-15/h5-11H,4,12-13H2,1-3H3/b6-5+. The van der Waals surface area contributed by atoms with Crippen LogP contribution in [0.3, 0.4) is 0 Å². The summed E-state index contributed by atoms with van der Waals surface area (Å²) in [5, 5.41) is 0. The van der Waals surface area contributed by atoms with E-state index in [1.807, 2.05) is 31.2 Å². The van der Waals surface area contributed by atoms with Gasteiger partial charge in [-0.2, -0.15) is 0 Å². The third-order valence-electron chi connectivity index (χ3n) is 3.36. The van der Waals surface area contributed by atoms with E-state index in [0.717, 1.165) is 23.3 Å². The molecule has 2 rings (SSSR count). The fourth-order valence-corrected chi connectivity index (χ4v) is 2.55. The highest BCUT2D eigenvalue weighted by Gasteiger charge is 2.26. The van der Waals surface area contributed by atoms with Gasteiger partial charge in [-0.3, -0.25) is 4.79 Å². The fraction of sp³-hybridized carbons (Fsp3) is 0.389. The van der Waals surface area contributed by atoms with Crippen LogP contribution in [0, 0.1) is 5.41 Å². The summed E-state index contributed by atoms with van der Waals surface area (Å²) in [5.74, 6) is 1.12. The second kappa shape index (κ2) is 6.08. The number of carbonyl (C=O) groups excluding carboxylic acids is 1. The van der Waals surface area contributed by atoms with E-state index in [1.54, 1.807) is 6.08 Å². The number of carbonyl (C=O) groups is 1. The predicted molar refractivity (Wildman–Crippen MR) is 82.8 cm³/mol. The van der Waals surface area contributed by atoms with Gasteiger partial charge >= 0.3 is 0 Å². The molecule has 106 valence electrons. The molecule has 1 aliphatic rings. The number of allylic oxidation sites excluding steroid dienone is 3. The van der Waals surface area contributed by atoms with Crippen molar-refractivity contribution in [3.05, 3.63) is 47.6 Å². The molecule has 20 heavy (non-hydrogen) atoms. The zero-order chi connectivity index (χ0) is 14.6. The first-order chi connectivity index (χ1) is 9.48. The molecule has 0 saturated heterocycles. The number of rotatable bonds is 4. The lowest BCUT2D eigenvalue weighted by Gasteiger charge is -2.27.